The highest BCUT2D eigenvalue weighted by molar-refractivity contribution is 5.96. The Morgan fingerprint density at radius 3 is 2.43 bits per heavy atom. The van der Waals surface area contributed by atoms with Crippen LogP contribution in [0.15, 0.2) is 30.5 Å². The SMILES string of the molecule is CN(C(=O)c1cn(-c2ccccc2C(F)(F)F)nn1)C1(C(=O)O)CCCCC1. The first kappa shape index (κ1) is 19.8. The molecule has 1 aliphatic carbocycles. The van der Waals surface area contributed by atoms with E-state index in [2.05, 4.69) is 10.3 Å². The van der Waals surface area contributed by atoms with Gasteiger partial charge in [0.1, 0.15) is 5.54 Å². The molecule has 10 heteroatoms. The van der Waals surface area contributed by atoms with Gasteiger partial charge in [-0.1, -0.05) is 36.6 Å². The van der Waals surface area contributed by atoms with Crippen molar-refractivity contribution in [2.45, 2.75) is 43.8 Å². The summed E-state index contributed by atoms with van der Waals surface area (Å²) in [7, 11) is 1.38. The van der Waals surface area contributed by atoms with Crippen molar-refractivity contribution < 1.29 is 27.9 Å². The number of aromatic nitrogens is 3. The molecule has 0 radical (unpaired) electrons. The van der Waals surface area contributed by atoms with Crippen LogP contribution in [0.4, 0.5) is 13.2 Å². The minimum Gasteiger partial charge on any atom is -0.479 e. The largest absolute Gasteiger partial charge is 0.479 e. The Labute approximate surface area is 158 Å². The molecule has 0 saturated heterocycles. The van der Waals surface area contributed by atoms with E-state index in [4.69, 9.17) is 0 Å². The van der Waals surface area contributed by atoms with Crippen molar-refractivity contribution in [2.75, 3.05) is 7.05 Å². The summed E-state index contributed by atoms with van der Waals surface area (Å²) in [6, 6.07) is 4.80. The van der Waals surface area contributed by atoms with Crippen molar-refractivity contribution in [3.63, 3.8) is 0 Å². The molecule has 150 valence electrons. The number of hydrogen-bond donors (Lipinski definition) is 1. The van der Waals surface area contributed by atoms with E-state index in [-0.39, 0.29) is 11.4 Å². The molecule has 1 N–H and O–H groups in total. The summed E-state index contributed by atoms with van der Waals surface area (Å²) in [5, 5.41) is 17.0. The van der Waals surface area contributed by atoms with Crippen LogP contribution in [0.1, 0.15) is 48.2 Å². The zero-order chi connectivity index (χ0) is 20.5. The van der Waals surface area contributed by atoms with Gasteiger partial charge >= 0.3 is 12.1 Å². The second-order valence-corrected chi connectivity index (χ2v) is 6.82. The van der Waals surface area contributed by atoms with Gasteiger partial charge in [-0.05, 0) is 25.0 Å². The molecule has 1 saturated carbocycles. The number of hydrogen-bond acceptors (Lipinski definition) is 4. The zero-order valence-electron chi connectivity index (χ0n) is 15.1. The highest BCUT2D eigenvalue weighted by Crippen LogP contribution is 2.35. The number of carbonyl (C=O) groups excluding carboxylic acids is 1. The summed E-state index contributed by atoms with van der Waals surface area (Å²) in [4.78, 5) is 25.8. The number of nitrogens with zero attached hydrogens (tertiary/aromatic N) is 4. The van der Waals surface area contributed by atoms with Gasteiger partial charge in [-0.25, -0.2) is 9.48 Å². The van der Waals surface area contributed by atoms with Crippen LogP contribution in [-0.4, -0.2) is 49.5 Å². The predicted molar refractivity (Wildman–Crippen MR) is 91.9 cm³/mol. The fraction of sp³-hybridized carbons (Fsp3) is 0.444. The number of rotatable bonds is 4. The third-order valence-electron chi connectivity index (χ3n) is 5.19. The highest BCUT2D eigenvalue weighted by Gasteiger charge is 2.46. The number of carbonyl (C=O) groups is 2. The summed E-state index contributed by atoms with van der Waals surface area (Å²) in [6.45, 7) is 0. The molecule has 1 aromatic carbocycles. The molecule has 0 aliphatic heterocycles. The number of likely N-dealkylation sites (N-methyl/N-ethyl adjacent to an activating group) is 1. The Balaban J connectivity index is 1.92. The van der Waals surface area contributed by atoms with Crippen molar-refractivity contribution in [1.29, 1.82) is 0 Å². The van der Waals surface area contributed by atoms with Crippen LogP contribution >= 0.6 is 0 Å². The van der Waals surface area contributed by atoms with Gasteiger partial charge in [-0.2, -0.15) is 13.2 Å². The number of alkyl halides is 3. The summed E-state index contributed by atoms with van der Waals surface area (Å²) in [5.74, 6) is -1.79. The summed E-state index contributed by atoms with van der Waals surface area (Å²) in [6.07, 6.45) is -0.640. The van der Waals surface area contributed by atoms with Gasteiger partial charge in [-0.3, -0.25) is 4.79 Å². The Morgan fingerprint density at radius 1 is 1.18 bits per heavy atom. The summed E-state index contributed by atoms with van der Waals surface area (Å²) in [5.41, 5.74) is -2.75. The van der Waals surface area contributed by atoms with Crippen molar-refractivity contribution in [2.24, 2.45) is 0 Å². The van der Waals surface area contributed by atoms with E-state index < -0.39 is 29.2 Å². The Kier molecular flexibility index (Phi) is 5.14. The number of para-hydroxylation sites is 1. The standard InChI is InChI=1S/C18H19F3N4O3/c1-24(17(16(27)28)9-5-2-6-10-17)15(26)13-11-25(23-22-13)14-8-4-3-7-12(14)18(19,20)21/h3-4,7-8,11H,2,5-6,9-10H2,1H3,(H,27,28). The molecule has 28 heavy (non-hydrogen) atoms. The number of carboxylic acid groups (broad SMARTS) is 1. The first-order valence-corrected chi connectivity index (χ1v) is 8.77. The molecule has 1 aliphatic rings. The lowest BCUT2D eigenvalue weighted by Gasteiger charge is -2.40. The van der Waals surface area contributed by atoms with Gasteiger partial charge < -0.3 is 10.0 Å². The van der Waals surface area contributed by atoms with E-state index in [0.29, 0.717) is 25.7 Å². The number of benzene rings is 1. The van der Waals surface area contributed by atoms with E-state index in [1.54, 1.807) is 0 Å². The van der Waals surface area contributed by atoms with E-state index in [0.717, 1.165) is 28.3 Å². The molecular formula is C18H19F3N4O3. The molecule has 0 atom stereocenters. The predicted octanol–water partition coefficient (Wildman–Crippen LogP) is 3.15. The van der Waals surface area contributed by atoms with E-state index in [9.17, 15) is 27.9 Å². The third kappa shape index (κ3) is 3.46. The highest BCUT2D eigenvalue weighted by atomic mass is 19.4. The van der Waals surface area contributed by atoms with Gasteiger partial charge in [-0.15, -0.1) is 5.10 Å². The van der Waals surface area contributed by atoms with Crippen LogP contribution in [-0.2, 0) is 11.0 Å². The van der Waals surface area contributed by atoms with Crippen molar-refractivity contribution in [3.8, 4) is 5.69 Å². The maximum absolute atomic E-state index is 13.2. The molecule has 7 nitrogen and oxygen atoms in total. The molecule has 0 bridgehead atoms. The molecule has 1 fully saturated rings. The minimum absolute atomic E-state index is 0.217. The van der Waals surface area contributed by atoms with Crippen molar-refractivity contribution >= 4 is 11.9 Å². The fourth-order valence-corrected chi connectivity index (χ4v) is 3.59. The fourth-order valence-electron chi connectivity index (χ4n) is 3.59. The molecular weight excluding hydrogens is 377 g/mol. The molecule has 1 amide bonds. The molecule has 3 rings (SSSR count). The Hall–Kier alpha value is -2.91. The van der Waals surface area contributed by atoms with Gasteiger partial charge in [0, 0.05) is 7.05 Å². The monoisotopic (exact) mass is 396 g/mol. The van der Waals surface area contributed by atoms with Crippen molar-refractivity contribution in [1.82, 2.24) is 19.9 Å². The summed E-state index contributed by atoms with van der Waals surface area (Å²) < 4.78 is 40.5. The topological polar surface area (TPSA) is 88.3 Å². The number of amides is 1. The van der Waals surface area contributed by atoms with Crippen molar-refractivity contribution in [3.05, 3.63) is 41.7 Å². The Morgan fingerprint density at radius 2 is 1.82 bits per heavy atom. The molecule has 2 aromatic rings. The third-order valence-corrected chi connectivity index (χ3v) is 5.19. The maximum Gasteiger partial charge on any atom is 0.418 e. The average Bonchev–Trinajstić information content (AvgIpc) is 3.16. The van der Waals surface area contributed by atoms with Crippen LogP contribution in [0.3, 0.4) is 0 Å². The van der Waals surface area contributed by atoms with E-state index in [1.165, 1.54) is 25.2 Å². The number of halogens is 3. The van der Waals surface area contributed by atoms with Crippen LogP contribution in [0.25, 0.3) is 5.69 Å². The molecule has 0 unspecified atom stereocenters. The maximum atomic E-state index is 13.2. The van der Waals surface area contributed by atoms with Crippen LogP contribution < -0.4 is 0 Å². The first-order valence-electron chi connectivity index (χ1n) is 8.77. The van der Waals surface area contributed by atoms with Gasteiger partial charge in [0.25, 0.3) is 5.91 Å². The van der Waals surface area contributed by atoms with Crippen LogP contribution in [0.2, 0.25) is 0 Å². The van der Waals surface area contributed by atoms with Gasteiger partial charge in [0.2, 0.25) is 0 Å². The normalized spacial score (nSPS) is 16.6. The first-order chi connectivity index (χ1) is 13.2. The second kappa shape index (κ2) is 7.25. The van der Waals surface area contributed by atoms with Crippen LogP contribution in [0.5, 0.6) is 0 Å². The Bertz CT molecular complexity index is 888. The van der Waals surface area contributed by atoms with Gasteiger partial charge in [0.15, 0.2) is 5.69 Å². The lowest BCUT2D eigenvalue weighted by Crippen LogP contribution is -2.56. The second-order valence-electron chi connectivity index (χ2n) is 6.82. The molecule has 1 heterocycles. The van der Waals surface area contributed by atoms with E-state index >= 15 is 0 Å². The lowest BCUT2D eigenvalue weighted by atomic mass is 9.80. The molecule has 1 aromatic heterocycles. The van der Waals surface area contributed by atoms with Gasteiger partial charge in [0.05, 0.1) is 17.4 Å². The van der Waals surface area contributed by atoms with E-state index in [1.807, 2.05) is 0 Å². The number of aliphatic carboxylic acids is 1. The summed E-state index contributed by atoms with van der Waals surface area (Å²) >= 11 is 0. The molecule has 0 spiro atoms. The number of carboxylic acids is 1. The lowest BCUT2D eigenvalue weighted by molar-refractivity contribution is -0.151. The quantitative estimate of drug-likeness (QED) is 0.858. The van der Waals surface area contributed by atoms with Crippen LogP contribution in [0, 0.1) is 0 Å². The smallest absolute Gasteiger partial charge is 0.418 e. The minimum atomic E-state index is -4.60. The zero-order valence-corrected chi connectivity index (χ0v) is 15.1. The average molecular weight is 396 g/mol.